The Kier molecular flexibility index (Phi) is 2.28. The standard InChI is InChI=1S/C10H12N4/c1-7-2-4-8(5-3-7)10-12-9(6-11)13-14-10/h2-5H,6,11H2,1H3,(H,12,13,14). The summed E-state index contributed by atoms with van der Waals surface area (Å²) in [5, 5.41) is 6.85. The van der Waals surface area contributed by atoms with Crippen molar-refractivity contribution in [3.63, 3.8) is 0 Å². The third kappa shape index (κ3) is 1.65. The van der Waals surface area contributed by atoms with Crippen LogP contribution in [0.15, 0.2) is 24.3 Å². The molecule has 0 aliphatic rings. The lowest BCUT2D eigenvalue weighted by molar-refractivity contribution is 0.917. The average Bonchev–Trinajstić information content (AvgIpc) is 2.67. The zero-order chi connectivity index (χ0) is 9.97. The van der Waals surface area contributed by atoms with Gasteiger partial charge < -0.3 is 5.73 Å². The number of aryl methyl sites for hydroxylation is 1. The molecule has 0 atom stereocenters. The number of benzene rings is 1. The summed E-state index contributed by atoms with van der Waals surface area (Å²) in [6.07, 6.45) is 0. The number of nitrogens with two attached hydrogens (primary N) is 1. The largest absolute Gasteiger partial charge is 0.324 e. The maximum atomic E-state index is 5.43. The predicted octanol–water partition coefficient (Wildman–Crippen LogP) is 1.24. The molecule has 2 aromatic rings. The van der Waals surface area contributed by atoms with Crippen LogP contribution in [-0.4, -0.2) is 15.2 Å². The normalized spacial score (nSPS) is 10.4. The summed E-state index contributed by atoms with van der Waals surface area (Å²) < 4.78 is 0. The molecule has 0 amide bonds. The lowest BCUT2D eigenvalue weighted by Crippen LogP contribution is -1.97. The van der Waals surface area contributed by atoms with Crippen molar-refractivity contribution in [2.45, 2.75) is 13.5 Å². The van der Waals surface area contributed by atoms with E-state index in [1.165, 1.54) is 5.56 Å². The highest BCUT2D eigenvalue weighted by atomic mass is 15.2. The number of rotatable bonds is 2. The SMILES string of the molecule is Cc1ccc(-c2n[nH]c(CN)n2)cc1. The predicted molar refractivity (Wildman–Crippen MR) is 54.4 cm³/mol. The molecule has 3 N–H and O–H groups in total. The molecule has 0 aliphatic carbocycles. The Bertz CT molecular complexity index is 416. The molecule has 1 aromatic carbocycles. The van der Waals surface area contributed by atoms with Gasteiger partial charge in [-0.1, -0.05) is 29.8 Å². The molecule has 0 aliphatic heterocycles. The lowest BCUT2D eigenvalue weighted by Gasteiger charge is -1.94. The van der Waals surface area contributed by atoms with Crippen LogP contribution >= 0.6 is 0 Å². The van der Waals surface area contributed by atoms with E-state index in [1.807, 2.05) is 31.2 Å². The van der Waals surface area contributed by atoms with Crippen molar-refractivity contribution >= 4 is 0 Å². The molecule has 0 radical (unpaired) electrons. The maximum absolute atomic E-state index is 5.43. The van der Waals surface area contributed by atoms with Gasteiger partial charge in [-0.2, -0.15) is 5.10 Å². The van der Waals surface area contributed by atoms with Gasteiger partial charge in [0.2, 0.25) is 0 Å². The number of H-pyrrole nitrogens is 1. The third-order valence-corrected chi connectivity index (χ3v) is 2.03. The van der Waals surface area contributed by atoms with E-state index in [9.17, 15) is 0 Å². The Morgan fingerprint density at radius 2 is 2.00 bits per heavy atom. The van der Waals surface area contributed by atoms with E-state index < -0.39 is 0 Å². The van der Waals surface area contributed by atoms with Crippen LogP contribution in [0.1, 0.15) is 11.4 Å². The zero-order valence-electron chi connectivity index (χ0n) is 7.99. The molecule has 1 aromatic heterocycles. The van der Waals surface area contributed by atoms with E-state index in [0.29, 0.717) is 18.2 Å². The summed E-state index contributed by atoms with van der Waals surface area (Å²) in [7, 11) is 0. The molecule has 0 fully saturated rings. The van der Waals surface area contributed by atoms with E-state index in [1.54, 1.807) is 0 Å². The molecule has 0 saturated heterocycles. The Morgan fingerprint density at radius 3 is 2.57 bits per heavy atom. The van der Waals surface area contributed by atoms with E-state index in [2.05, 4.69) is 15.2 Å². The van der Waals surface area contributed by atoms with Crippen molar-refractivity contribution < 1.29 is 0 Å². The first-order valence-electron chi connectivity index (χ1n) is 4.48. The van der Waals surface area contributed by atoms with Crippen LogP contribution in [0.25, 0.3) is 11.4 Å². The second-order valence-electron chi connectivity index (χ2n) is 3.18. The quantitative estimate of drug-likeness (QED) is 0.745. The fourth-order valence-electron chi connectivity index (χ4n) is 1.22. The summed E-state index contributed by atoms with van der Waals surface area (Å²) in [4.78, 5) is 4.24. The molecule has 0 saturated carbocycles. The minimum atomic E-state index is 0.388. The van der Waals surface area contributed by atoms with Gasteiger partial charge in [0.1, 0.15) is 5.82 Å². The topological polar surface area (TPSA) is 67.6 Å². The van der Waals surface area contributed by atoms with Crippen LogP contribution in [0.3, 0.4) is 0 Å². The fourth-order valence-corrected chi connectivity index (χ4v) is 1.22. The number of aromatic nitrogens is 3. The first-order chi connectivity index (χ1) is 6.79. The van der Waals surface area contributed by atoms with E-state index in [0.717, 1.165) is 5.56 Å². The van der Waals surface area contributed by atoms with Gasteiger partial charge in [0.25, 0.3) is 0 Å². The second kappa shape index (κ2) is 3.59. The molecule has 0 bridgehead atoms. The Morgan fingerprint density at radius 1 is 1.29 bits per heavy atom. The number of nitrogens with zero attached hydrogens (tertiary/aromatic N) is 2. The van der Waals surface area contributed by atoms with Gasteiger partial charge in [-0.3, -0.25) is 5.10 Å². The molecule has 0 spiro atoms. The van der Waals surface area contributed by atoms with Crippen LogP contribution in [0.4, 0.5) is 0 Å². The van der Waals surface area contributed by atoms with Crippen LogP contribution < -0.4 is 5.73 Å². The van der Waals surface area contributed by atoms with Crippen molar-refractivity contribution in [2.75, 3.05) is 0 Å². The smallest absolute Gasteiger partial charge is 0.181 e. The summed E-state index contributed by atoms with van der Waals surface area (Å²) in [6, 6.07) is 8.07. The van der Waals surface area contributed by atoms with Crippen LogP contribution in [0.2, 0.25) is 0 Å². The van der Waals surface area contributed by atoms with Gasteiger partial charge in [0.05, 0.1) is 6.54 Å². The van der Waals surface area contributed by atoms with Crippen molar-refractivity contribution in [3.8, 4) is 11.4 Å². The van der Waals surface area contributed by atoms with Crippen molar-refractivity contribution in [1.82, 2.24) is 15.2 Å². The van der Waals surface area contributed by atoms with Crippen molar-refractivity contribution in [2.24, 2.45) is 5.73 Å². The molecule has 0 unspecified atom stereocenters. The molecule has 4 nitrogen and oxygen atoms in total. The fraction of sp³-hybridized carbons (Fsp3) is 0.200. The molecular formula is C10H12N4. The van der Waals surface area contributed by atoms with E-state index >= 15 is 0 Å². The molecule has 4 heteroatoms. The number of nitrogens with one attached hydrogen (secondary N) is 1. The number of hydrogen-bond donors (Lipinski definition) is 2. The van der Waals surface area contributed by atoms with Crippen molar-refractivity contribution in [3.05, 3.63) is 35.7 Å². The summed E-state index contributed by atoms with van der Waals surface area (Å²) >= 11 is 0. The molecule has 14 heavy (non-hydrogen) atoms. The first kappa shape index (κ1) is 8.90. The van der Waals surface area contributed by atoms with Crippen LogP contribution in [-0.2, 0) is 6.54 Å². The number of hydrogen-bond acceptors (Lipinski definition) is 3. The maximum Gasteiger partial charge on any atom is 0.181 e. The first-order valence-corrected chi connectivity index (χ1v) is 4.48. The Hall–Kier alpha value is -1.68. The monoisotopic (exact) mass is 188 g/mol. The number of aromatic amines is 1. The van der Waals surface area contributed by atoms with Gasteiger partial charge in [0, 0.05) is 5.56 Å². The molecule has 72 valence electrons. The Balaban J connectivity index is 2.34. The van der Waals surface area contributed by atoms with E-state index in [-0.39, 0.29) is 0 Å². The molecule has 1 heterocycles. The second-order valence-corrected chi connectivity index (χ2v) is 3.18. The third-order valence-electron chi connectivity index (χ3n) is 2.03. The molecular weight excluding hydrogens is 176 g/mol. The summed E-state index contributed by atoms with van der Waals surface area (Å²) in [5.41, 5.74) is 7.66. The van der Waals surface area contributed by atoms with Gasteiger partial charge in [-0.15, -0.1) is 0 Å². The summed E-state index contributed by atoms with van der Waals surface area (Å²) in [5.74, 6) is 1.41. The van der Waals surface area contributed by atoms with Crippen LogP contribution in [0, 0.1) is 6.92 Å². The molecule has 2 rings (SSSR count). The summed E-state index contributed by atoms with van der Waals surface area (Å²) in [6.45, 7) is 2.44. The highest BCUT2D eigenvalue weighted by Gasteiger charge is 2.03. The van der Waals surface area contributed by atoms with Gasteiger partial charge in [-0.05, 0) is 6.92 Å². The Labute approximate surface area is 82.2 Å². The van der Waals surface area contributed by atoms with Crippen molar-refractivity contribution in [1.29, 1.82) is 0 Å². The highest BCUT2D eigenvalue weighted by molar-refractivity contribution is 5.54. The average molecular weight is 188 g/mol. The highest BCUT2D eigenvalue weighted by Crippen LogP contribution is 2.14. The van der Waals surface area contributed by atoms with Gasteiger partial charge in [0.15, 0.2) is 5.82 Å². The minimum absolute atomic E-state index is 0.388. The van der Waals surface area contributed by atoms with Gasteiger partial charge in [-0.25, -0.2) is 4.98 Å². The zero-order valence-corrected chi connectivity index (χ0v) is 7.99. The minimum Gasteiger partial charge on any atom is -0.324 e. The van der Waals surface area contributed by atoms with Gasteiger partial charge >= 0.3 is 0 Å². The lowest BCUT2D eigenvalue weighted by atomic mass is 10.1. The van der Waals surface area contributed by atoms with E-state index in [4.69, 9.17) is 5.73 Å². The van der Waals surface area contributed by atoms with Crippen LogP contribution in [0.5, 0.6) is 0 Å².